The van der Waals surface area contributed by atoms with E-state index in [-0.39, 0.29) is 11.1 Å². The number of hydrogen-bond acceptors (Lipinski definition) is 3. The summed E-state index contributed by atoms with van der Waals surface area (Å²) in [6.45, 7) is 0. The number of carbonyl (C=O) groups excluding carboxylic acids is 1. The standard InChI is InChI=1S/C16H9F13O3S/c1-32-10(30)9-4-2-8(3-5-9)6-7-33(31)16(28,29)14(23,24)12(19,20)11(17,18)13(21,22)15(25,26)27/h2-7H,1H3/b7-6+. The van der Waals surface area contributed by atoms with Crippen LogP contribution in [0.5, 0.6) is 0 Å². The lowest BCUT2D eigenvalue weighted by atomic mass is 9.98. The Balaban J connectivity index is 3.32. The molecule has 0 spiro atoms. The van der Waals surface area contributed by atoms with Gasteiger partial charge >= 0.3 is 41.1 Å². The Kier molecular flexibility index (Phi) is 7.65. The largest absolute Gasteiger partial charge is 0.465 e. The van der Waals surface area contributed by atoms with Crippen LogP contribution in [0.3, 0.4) is 0 Å². The molecule has 1 aromatic rings. The molecule has 0 saturated carbocycles. The molecule has 0 aliphatic heterocycles. The third-order valence-electron chi connectivity index (χ3n) is 3.87. The van der Waals surface area contributed by atoms with Crippen LogP contribution in [0.1, 0.15) is 15.9 Å². The molecule has 1 unspecified atom stereocenters. The lowest BCUT2D eigenvalue weighted by Crippen LogP contribution is -2.70. The van der Waals surface area contributed by atoms with Gasteiger partial charge in [0.05, 0.1) is 12.7 Å². The predicted molar refractivity (Wildman–Crippen MR) is 85.7 cm³/mol. The summed E-state index contributed by atoms with van der Waals surface area (Å²) in [7, 11) is -3.65. The van der Waals surface area contributed by atoms with Gasteiger partial charge in [-0.3, -0.25) is 0 Å². The first kappa shape index (κ1) is 28.7. The molecule has 0 aliphatic carbocycles. The molecule has 3 nitrogen and oxygen atoms in total. The van der Waals surface area contributed by atoms with E-state index in [9.17, 15) is 66.1 Å². The number of hydrogen-bond donors (Lipinski definition) is 0. The average Bonchev–Trinajstić information content (AvgIpc) is 2.70. The summed E-state index contributed by atoms with van der Waals surface area (Å²) < 4.78 is 185. The zero-order valence-electron chi connectivity index (χ0n) is 15.5. The molecule has 0 aliphatic rings. The van der Waals surface area contributed by atoms with Gasteiger partial charge in [-0.05, 0) is 23.8 Å². The molecule has 1 aromatic carbocycles. The first-order valence-electron chi connectivity index (χ1n) is 7.82. The van der Waals surface area contributed by atoms with Crippen LogP contribution in [0.25, 0.3) is 6.08 Å². The molecule has 0 heterocycles. The predicted octanol–water partition coefficient (Wildman–Crippen LogP) is 5.89. The van der Waals surface area contributed by atoms with E-state index < -0.39 is 57.3 Å². The fourth-order valence-corrected chi connectivity index (χ4v) is 2.79. The Morgan fingerprint density at radius 2 is 1.18 bits per heavy atom. The number of alkyl halides is 13. The number of rotatable bonds is 8. The Bertz CT molecular complexity index is 921. The SMILES string of the molecule is COC(=O)c1ccc(/C=C/S(=O)C(F)(F)C(F)(F)C(F)(F)C(F)(F)C(F)(F)C(F)(F)F)cc1. The van der Waals surface area contributed by atoms with Crippen molar-refractivity contribution in [1.82, 2.24) is 0 Å². The van der Waals surface area contributed by atoms with Crippen molar-refractivity contribution < 1.29 is 70.8 Å². The third kappa shape index (κ3) is 4.68. The van der Waals surface area contributed by atoms with Gasteiger partial charge < -0.3 is 4.74 Å². The van der Waals surface area contributed by atoms with Crippen LogP contribution in [0.15, 0.2) is 29.7 Å². The Morgan fingerprint density at radius 3 is 1.58 bits per heavy atom. The van der Waals surface area contributed by atoms with Gasteiger partial charge in [0.1, 0.15) is 10.8 Å². The summed E-state index contributed by atoms with van der Waals surface area (Å²) in [5.74, 6) is -32.5. The number of ether oxygens (including phenoxy) is 1. The van der Waals surface area contributed by atoms with Crippen molar-refractivity contribution in [1.29, 1.82) is 0 Å². The van der Waals surface area contributed by atoms with Gasteiger partial charge in [-0.1, -0.05) is 12.1 Å². The summed E-state index contributed by atoms with van der Waals surface area (Å²) in [4.78, 5) is 11.2. The molecule has 0 fully saturated rings. The second-order valence-corrected chi connectivity index (χ2v) is 7.41. The van der Waals surface area contributed by atoms with E-state index in [0.29, 0.717) is 6.08 Å². The number of methoxy groups -OCH3 is 1. The maximum absolute atomic E-state index is 13.7. The van der Waals surface area contributed by atoms with Crippen LogP contribution in [-0.2, 0) is 15.5 Å². The molecule has 17 heteroatoms. The van der Waals surface area contributed by atoms with E-state index >= 15 is 0 Å². The second-order valence-electron chi connectivity index (χ2n) is 6.03. The number of halogens is 13. The maximum atomic E-state index is 13.7. The van der Waals surface area contributed by atoms with Gasteiger partial charge in [-0.15, -0.1) is 0 Å². The summed E-state index contributed by atoms with van der Waals surface area (Å²) >= 11 is 0. The molecule has 1 atom stereocenters. The highest BCUT2D eigenvalue weighted by Gasteiger charge is 2.91. The number of carbonyl (C=O) groups is 1. The lowest BCUT2D eigenvalue weighted by Gasteiger charge is -2.39. The van der Waals surface area contributed by atoms with E-state index in [0.717, 1.165) is 31.4 Å². The average molecular weight is 528 g/mol. The number of benzene rings is 1. The fraction of sp³-hybridized carbons (Fsp3) is 0.438. The minimum Gasteiger partial charge on any atom is -0.465 e. The van der Waals surface area contributed by atoms with Crippen LogP contribution in [-0.4, -0.2) is 52.4 Å². The van der Waals surface area contributed by atoms with E-state index in [4.69, 9.17) is 0 Å². The van der Waals surface area contributed by atoms with Crippen molar-refractivity contribution in [2.24, 2.45) is 0 Å². The first-order chi connectivity index (χ1) is 14.6. The number of esters is 1. The normalized spacial score (nSPS) is 15.6. The topological polar surface area (TPSA) is 43.4 Å². The summed E-state index contributed by atoms with van der Waals surface area (Å²) in [5.41, 5.74) is -0.393. The molecule has 0 bridgehead atoms. The van der Waals surface area contributed by atoms with Crippen LogP contribution in [0, 0.1) is 0 Å². The molecule has 1 rings (SSSR count). The molecule has 188 valence electrons. The van der Waals surface area contributed by atoms with Gasteiger partial charge in [0.2, 0.25) is 0 Å². The quantitative estimate of drug-likeness (QED) is 0.313. The molecule has 0 radical (unpaired) electrons. The molecular formula is C16H9F13O3S. The Labute approximate surface area is 177 Å². The van der Waals surface area contributed by atoms with E-state index in [1.165, 1.54) is 0 Å². The van der Waals surface area contributed by atoms with Crippen molar-refractivity contribution in [3.8, 4) is 0 Å². The van der Waals surface area contributed by atoms with Crippen LogP contribution in [0.4, 0.5) is 57.1 Å². The highest BCUT2D eigenvalue weighted by atomic mass is 32.2. The minimum absolute atomic E-state index is 0.111. The third-order valence-corrected chi connectivity index (χ3v) is 5.02. The van der Waals surface area contributed by atoms with Gasteiger partial charge in [0, 0.05) is 5.41 Å². The molecule has 0 amide bonds. The molecule has 33 heavy (non-hydrogen) atoms. The summed E-state index contributed by atoms with van der Waals surface area (Å²) in [6.07, 6.45) is -7.22. The molecule has 0 saturated heterocycles. The zero-order valence-corrected chi connectivity index (χ0v) is 16.3. The second kappa shape index (κ2) is 8.79. The smallest absolute Gasteiger partial charge is 0.460 e. The van der Waals surface area contributed by atoms with Crippen molar-refractivity contribution in [3.05, 3.63) is 40.8 Å². The minimum atomic E-state index is -8.07. The van der Waals surface area contributed by atoms with E-state index in [1.807, 2.05) is 0 Å². The van der Waals surface area contributed by atoms with Gasteiger partial charge in [-0.25, -0.2) is 9.00 Å². The summed E-state index contributed by atoms with van der Waals surface area (Å²) in [5, 5.41) is -7.17. The van der Waals surface area contributed by atoms with Crippen molar-refractivity contribution in [3.63, 3.8) is 0 Å². The lowest BCUT2D eigenvalue weighted by molar-refractivity contribution is -0.433. The zero-order chi connectivity index (χ0) is 26.3. The highest BCUT2D eigenvalue weighted by Crippen LogP contribution is 2.60. The Hall–Kier alpha value is -2.33. The summed E-state index contributed by atoms with van der Waals surface area (Å²) in [6, 6.07) is 3.80. The van der Waals surface area contributed by atoms with Crippen molar-refractivity contribution >= 4 is 22.8 Å². The van der Waals surface area contributed by atoms with Gasteiger partial charge in [-0.2, -0.15) is 57.1 Å². The Morgan fingerprint density at radius 1 is 0.758 bits per heavy atom. The molecular weight excluding hydrogens is 519 g/mol. The monoisotopic (exact) mass is 528 g/mol. The highest BCUT2D eigenvalue weighted by molar-refractivity contribution is 7.89. The van der Waals surface area contributed by atoms with Crippen LogP contribution >= 0.6 is 0 Å². The van der Waals surface area contributed by atoms with E-state index in [1.54, 1.807) is 0 Å². The first-order valence-corrected chi connectivity index (χ1v) is 9.04. The van der Waals surface area contributed by atoms with E-state index in [2.05, 4.69) is 4.74 Å². The molecule has 0 N–H and O–H groups in total. The van der Waals surface area contributed by atoms with Crippen LogP contribution < -0.4 is 0 Å². The fourth-order valence-electron chi connectivity index (χ4n) is 1.96. The van der Waals surface area contributed by atoms with Crippen molar-refractivity contribution in [2.45, 2.75) is 35.1 Å². The maximum Gasteiger partial charge on any atom is 0.460 e. The van der Waals surface area contributed by atoms with Crippen molar-refractivity contribution in [2.75, 3.05) is 7.11 Å². The van der Waals surface area contributed by atoms with Gasteiger partial charge in [0.25, 0.3) is 0 Å². The van der Waals surface area contributed by atoms with Crippen LogP contribution in [0.2, 0.25) is 0 Å². The van der Waals surface area contributed by atoms with Gasteiger partial charge in [0.15, 0.2) is 0 Å². The molecule has 0 aromatic heterocycles.